The molecule has 2 aliphatic rings. The Morgan fingerprint density at radius 2 is 2.04 bits per heavy atom. The molecule has 2 amide bonds. The number of pyridine rings is 1. The molecule has 140 valence electrons. The summed E-state index contributed by atoms with van der Waals surface area (Å²) in [5, 5.41) is 3.02. The maximum absolute atomic E-state index is 13.4. The van der Waals surface area contributed by atoms with Gasteiger partial charge in [-0.3, -0.25) is 14.6 Å². The van der Waals surface area contributed by atoms with Gasteiger partial charge in [-0.15, -0.1) is 0 Å². The molecule has 2 atom stereocenters. The lowest BCUT2D eigenvalue weighted by Gasteiger charge is -2.34. The Bertz CT molecular complexity index is 1080. The summed E-state index contributed by atoms with van der Waals surface area (Å²) < 4.78 is 1.70. The minimum absolute atomic E-state index is 0.0668. The van der Waals surface area contributed by atoms with Crippen LogP contribution in [0.2, 0.25) is 0 Å². The fourth-order valence-electron chi connectivity index (χ4n) is 4.62. The Balaban J connectivity index is 1.69. The zero-order valence-corrected chi connectivity index (χ0v) is 15.4. The van der Waals surface area contributed by atoms with Crippen LogP contribution in [0.5, 0.6) is 0 Å². The predicted molar refractivity (Wildman–Crippen MR) is 103 cm³/mol. The van der Waals surface area contributed by atoms with Crippen molar-refractivity contribution in [2.45, 2.75) is 17.9 Å². The lowest BCUT2D eigenvalue weighted by molar-refractivity contribution is -0.121. The van der Waals surface area contributed by atoms with Crippen LogP contribution in [-0.4, -0.2) is 37.8 Å². The van der Waals surface area contributed by atoms with Gasteiger partial charge in [-0.1, -0.05) is 24.3 Å². The number of anilines is 1. The van der Waals surface area contributed by atoms with Gasteiger partial charge in [0.25, 0.3) is 5.91 Å². The van der Waals surface area contributed by atoms with E-state index in [0.29, 0.717) is 18.7 Å². The second-order valence-corrected chi connectivity index (χ2v) is 7.30. The molecule has 0 radical (unpaired) electrons. The van der Waals surface area contributed by atoms with Gasteiger partial charge in [0.15, 0.2) is 0 Å². The van der Waals surface area contributed by atoms with Crippen LogP contribution in [0, 0.1) is 0 Å². The molecule has 7 heteroatoms. The van der Waals surface area contributed by atoms with Crippen molar-refractivity contribution in [1.82, 2.24) is 19.4 Å². The smallest absolute Gasteiger partial charge is 0.272 e. The van der Waals surface area contributed by atoms with Gasteiger partial charge >= 0.3 is 0 Å². The molecule has 0 aliphatic carbocycles. The summed E-state index contributed by atoms with van der Waals surface area (Å²) >= 11 is 0. The number of nitrogens with zero attached hydrogens (tertiary/aromatic N) is 4. The molecular weight excluding hydrogens is 354 g/mol. The van der Waals surface area contributed by atoms with E-state index >= 15 is 0 Å². The van der Waals surface area contributed by atoms with Crippen molar-refractivity contribution in [3.8, 4) is 0 Å². The number of fused-ring (bicyclic) bond motifs is 2. The van der Waals surface area contributed by atoms with Crippen LogP contribution in [0.3, 0.4) is 0 Å². The van der Waals surface area contributed by atoms with Crippen LogP contribution in [0.25, 0.3) is 0 Å². The van der Waals surface area contributed by atoms with E-state index in [4.69, 9.17) is 0 Å². The summed E-state index contributed by atoms with van der Waals surface area (Å²) in [6, 6.07) is 11.1. The van der Waals surface area contributed by atoms with E-state index in [1.807, 2.05) is 36.4 Å². The van der Waals surface area contributed by atoms with E-state index < -0.39 is 11.5 Å². The average Bonchev–Trinajstić information content (AvgIpc) is 3.40. The highest BCUT2D eigenvalue weighted by molar-refractivity contribution is 6.08. The highest BCUT2D eigenvalue weighted by Crippen LogP contribution is 2.54. The summed E-state index contributed by atoms with van der Waals surface area (Å²) in [7, 11) is 1.79. The lowest BCUT2D eigenvalue weighted by atomic mass is 9.73. The third kappa shape index (κ3) is 2.16. The minimum atomic E-state index is -0.826. The van der Waals surface area contributed by atoms with E-state index in [1.54, 1.807) is 41.4 Å². The zero-order valence-electron chi connectivity index (χ0n) is 15.4. The molecule has 1 spiro atoms. The summed E-state index contributed by atoms with van der Waals surface area (Å²) in [6.07, 6.45) is 7.17. The molecule has 0 saturated carbocycles. The number of hydrogen-bond acceptors (Lipinski definition) is 4. The second-order valence-electron chi connectivity index (χ2n) is 7.30. The first-order valence-corrected chi connectivity index (χ1v) is 9.21. The number of aromatic nitrogens is 3. The van der Waals surface area contributed by atoms with E-state index in [-0.39, 0.29) is 11.8 Å². The SMILES string of the molecule is Cn1cncc1C(=O)N1CCC2(C(=O)Nc3ccccc32)C1c1cccnc1. The van der Waals surface area contributed by atoms with Crippen LogP contribution >= 0.6 is 0 Å². The number of carbonyl (C=O) groups is 2. The Labute approximate surface area is 162 Å². The summed E-state index contributed by atoms with van der Waals surface area (Å²) in [6.45, 7) is 0.478. The topological polar surface area (TPSA) is 80.1 Å². The molecule has 1 fully saturated rings. The lowest BCUT2D eigenvalue weighted by Crippen LogP contribution is -2.43. The molecule has 3 aromatic rings. The number of likely N-dealkylation sites (tertiary alicyclic amines) is 1. The van der Waals surface area contributed by atoms with E-state index in [1.165, 1.54) is 0 Å². The molecular formula is C21H19N5O2. The maximum Gasteiger partial charge on any atom is 0.272 e. The standard InChI is InChI=1S/C21H19N5O2/c1-25-13-23-12-17(25)19(27)26-10-8-21(18(26)14-5-4-9-22-11-14)15-6-2-3-7-16(15)24-20(21)28/h2-7,9,11-13,18H,8,10H2,1H3,(H,24,28). The Morgan fingerprint density at radius 3 is 2.79 bits per heavy atom. The van der Waals surface area contributed by atoms with E-state index in [9.17, 15) is 9.59 Å². The quantitative estimate of drug-likeness (QED) is 0.747. The van der Waals surface area contributed by atoms with Crippen molar-refractivity contribution >= 4 is 17.5 Å². The van der Waals surface area contributed by atoms with Crippen LogP contribution < -0.4 is 5.32 Å². The number of rotatable bonds is 2. The molecule has 1 aromatic carbocycles. The van der Waals surface area contributed by atoms with E-state index in [2.05, 4.69) is 15.3 Å². The summed E-state index contributed by atoms with van der Waals surface area (Å²) in [4.78, 5) is 36.8. The van der Waals surface area contributed by atoms with Crippen molar-refractivity contribution in [3.05, 3.63) is 78.1 Å². The number of carbonyl (C=O) groups excluding carboxylic acids is 2. The first-order valence-electron chi connectivity index (χ1n) is 9.21. The molecule has 5 rings (SSSR count). The molecule has 4 heterocycles. The van der Waals surface area contributed by atoms with Crippen LogP contribution in [0.1, 0.15) is 34.1 Å². The van der Waals surface area contributed by atoms with Gasteiger partial charge in [-0.2, -0.15) is 0 Å². The number of nitrogens with one attached hydrogen (secondary N) is 1. The third-order valence-corrected chi connectivity index (χ3v) is 5.88. The van der Waals surface area contributed by atoms with Crippen molar-refractivity contribution in [1.29, 1.82) is 0 Å². The Hall–Kier alpha value is -3.48. The minimum Gasteiger partial charge on any atom is -0.330 e. The largest absolute Gasteiger partial charge is 0.330 e. The molecule has 2 aromatic heterocycles. The average molecular weight is 373 g/mol. The molecule has 2 unspecified atom stereocenters. The fourth-order valence-corrected chi connectivity index (χ4v) is 4.62. The van der Waals surface area contributed by atoms with Gasteiger partial charge in [0.05, 0.1) is 18.6 Å². The highest BCUT2D eigenvalue weighted by Gasteiger charge is 2.59. The van der Waals surface area contributed by atoms with Crippen molar-refractivity contribution in [2.75, 3.05) is 11.9 Å². The monoisotopic (exact) mass is 373 g/mol. The molecule has 0 bridgehead atoms. The van der Waals surface area contributed by atoms with Gasteiger partial charge in [-0.05, 0) is 29.7 Å². The molecule has 2 aliphatic heterocycles. The molecule has 1 saturated heterocycles. The van der Waals surface area contributed by atoms with Gasteiger partial charge in [0.1, 0.15) is 11.1 Å². The Morgan fingerprint density at radius 1 is 1.18 bits per heavy atom. The second kappa shape index (κ2) is 6.02. The summed E-state index contributed by atoms with van der Waals surface area (Å²) in [5.41, 5.74) is 2.28. The van der Waals surface area contributed by atoms with E-state index in [0.717, 1.165) is 16.8 Å². The normalized spacial score (nSPS) is 23.1. The molecule has 1 N–H and O–H groups in total. The fraction of sp³-hybridized carbons (Fsp3) is 0.238. The van der Waals surface area contributed by atoms with Crippen molar-refractivity contribution < 1.29 is 9.59 Å². The Kier molecular flexibility index (Phi) is 3.58. The van der Waals surface area contributed by atoms with Gasteiger partial charge in [-0.25, -0.2) is 4.98 Å². The number of aryl methyl sites for hydroxylation is 1. The number of benzene rings is 1. The van der Waals surface area contributed by atoms with Crippen LogP contribution in [0.15, 0.2) is 61.3 Å². The van der Waals surface area contributed by atoms with Gasteiger partial charge < -0.3 is 14.8 Å². The number of amides is 2. The zero-order chi connectivity index (χ0) is 19.3. The van der Waals surface area contributed by atoms with Gasteiger partial charge in [0.2, 0.25) is 5.91 Å². The third-order valence-electron chi connectivity index (χ3n) is 5.88. The number of para-hydroxylation sites is 1. The maximum atomic E-state index is 13.4. The highest BCUT2D eigenvalue weighted by atomic mass is 16.2. The van der Waals surface area contributed by atoms with Gasteiger partial charge in [0, 0.05) is 31.7 Å². The van der Waals surface area contributed by atoms with Crippen molar-refractivity contribution in [2.24, 2.45) is 7.05 Å². The molecule has 7 nitrogen and oxygen atoms in total. The number of hydrogen-bond donors (Lipinski definition) is 1. The van der Waals surface area contributed by atoms with Crippen LogP contribution in [0.4, 0.5) is 5.69 Å². The summed E-state index contributed by atoms with van der Waals surface area (Å²) in [5.74, 6) is -0.203. The predicted octanol–water partition coefficient (Wildman–Crippen LogP) is 2.29. The molecule has 28 heavy (non-hydrogen) atoms. The first kappa shape index (κ1) is 16.7. The first-order chi connectivity index (χ1) is 13.6. The van der Waals surface area contributed by atoms with Crippen LogP contribution in [-0.2, 0) is 17.3 Å². The number of imidazole rings is 1. The van der Waals surface area contributed by atoms with Crippen molar-refractivity contribution in [3.63, 3.8) is 0 Å².